The number of aliphatic carboxylic acids is 1. The summed E-state index contributed by atoms with van der Waals surface area (Å²) in [6, 6.07) is 5.05. The van der Waals surface area contributed by atoms with Gasteiger partial charge in [0.25, 0.3) is 5.91 Å². The predicted molar refractivity (Wildman–Crippen MR) is 105 cm³/mol. The summed E-state index contributed by atoms with van der Waals surface area (Å²) in [7, 11) is 0. The highest BCUT2D eigenvalue weighted by atomic mass is 32.2. The number of benzene rings is 2. The minimum absolute atomic E-state index is 0.0867. The molecule has 2 aromatic rings. The lowest BCUT2D eigenvalue weighted by atomic mass is 9.87. The monoisotopic (exact) mass is 441 g/mol. The molecule has 0 spiro atoms. The third-order valence-electron chi connectivity index (χ3n) is 4.99. The van der Waals surface area contributed by atoms with Crippen LogP contribution in [0.4, 0.5) is 23.2 Å². The van der Waals surface area contributed by atoms with Gasteiger partial charge in [0.2, 0.25) is 0 Å². The Morgan fingerprint density at radius 2 is 1.60 bits per heavy atom. The first kappa shape index (κ1) is 22.1. The SMILES string of the molecule is O=C(O)CC1CCC(Sc2cc(C(=O)Nc3cc(F)c(F)c(F)c3)ccc2F)CC1. The van der Waals surface area contributed by atoms with Crippen molar-refractivity contribution in [2.24, 2.45) is 5.92 Å². The summed E-state index contributed by atoms with van der Waals surface area (Å²) in [4.78, 5) is 23.5. The fraction of sp³-hybridized carbons (Fsp3) is 0.333. The first-order valence-corrected chi connectivity index (χ1v) is 10.2. The van der Waals surface area contributed by atoms with Crippen LogP contribution in [-0.2, 0) is 4.79 Å². The summed E-state index contributed by atoms with van der Waals surface area (Å²) in [5.41, 5.74) is -0.171. The molecule has 0 heterocycles. The predicted octanol–water partition coefficient (Wildman–Crippen LogP) is 5.62. The molecule has 3 rings (SSSR count). The van der Waals surface area contributed by atoms with Gasteiger partial charge in [-0.1, -0.05) is 0 Å². The van der Waals surface area contributed by atoms with Crippen molar-refractivity contribution in [3.63, 3.8) is 0 Å². The Labute approximate surface area is 174 Å². The van der Waals surface area contributed by atoms with Crippen molar-refractivity contribution in [1.82, 2.24) is 0 Å². The maximum absolute atomic E-state index is 14.2. The Morgan fingerprint density at radius 1 is 0.967 bits per heavy atom. The number of halogens is 4. The average molecular weight is 441 g/mol. The van der Waals surface area contributed by atoms with E-state index in [-0.39, 0.29) is 33.7 Å². The van der Waals surface area contributed by atoms with Gasteiger partial charge in [0.1, 0.15) is 5.82 Å². The lowest BCUT2D eigenvalue weighted by Gasteiger charge is -2.27. The molecule has 1 aliphatic rings. The quantitative estimate of drug-likeness (QED) is 0.451. The van der Waals surface area contributed by atoms with Crippen molar-refractivity contribution in [2.75, 3.05) is 5.32 Å². The second-order valence-electron chi connectivity index (χ2n) is 7.21. The van der Waals surface area contributed by atoms with E-state index in [4.69, 9.17) is 5.11 Å². The summed E-state index contributed by atoms with van der Waals surface area (Å²) < 4.78 is 53.9. The highest BCUT2D eigenvalue weighted by molar-refractivity contribution is 8.00. The van der Waals surface area contributed by atoms with Crippen molar-refractivity contribution in [3.05, 3.63) is 59.2 Å². The van der Waals surface area contributed by atoms with E-state index in [0.29, 0.717) is 12.1 Å². The van der Waals surface area contributed by atoms with Crippen molar-refractivity contribution < 1.29 is 32.3 Å². The Morgan fingerprint density at radius 3 is 2.20 bits per heavy atom. The topological polar surface area (TPSA) is 66.4 Å². The van der Waals surface area contributed by atoms with Crippen molar-refractivity contribution >= 4 is 29.3 Å². The van der Waals surface area contributed by atoms with Crippen LogP contribution in [0.2, 0.25) is 0 Å². The molecule has 1 amide bonds. The molecule has 4 nitrogen and oxygen atoms in total. The number of rotatable bonds is 6. The fourth-order valence-corrected chi connectivity index (χ4v) is 4.69. The molecule has 0 radical (unpaired) electrons. The third-order valence-corrected chi connectivity index (χ3v) is 6.36. The molecule has 0 atom stereocenters. The second kappa shape index (κ2) is 9.51. The van der Waals surface area contributed by atoms with Crippen LogP contribution in [0.1, 0.15) is 42.5 Å². The number of carboxylic acid groups (broad SMARTS) is 1. The normalized spacial score (nSPS) is 18.8. The highest BCUT2D eigenvalue weighted by Crippen LogP contribution is 2.38. The van der Waals surface area contributed by atoms with Gasteiger partial charge in [-0.2, -0.15) is 0 Å². The molecule has 30 heavy (non-hydrogen) atoms. The van der Waals surface area contributed by atoms with E-state index in [0.717, 1.165) is 31.7 Å². The zero-order valence-corrected chi connectivity index (χ0v) is 16.6. The standard InChI is InChI=1S/C21H19F4NO3S/c22-15-6-3-12(21(29)26-13-9-16(23)20(25)17(24)10-13)8-18(15)30-14-4-1-11(2-5-14)7-19(27)28/h3,6,8-11,14H,1-2,4-5,7H2,(H,26,29)(H,27,28). The molecule has 9 heteroatoms. The van der Waals surface area contributed by atoms with Gasteiger partial charge in [0.05, 0.1) is 0 Å². The van der Waals surface area contributed by atoms with E-state index >= 15 is 0 Å². The van der Waals surface area contributed by atoms with Crippen LogP contribution in [-0.4, -0.2) is 22.2 Å². The Bertz CT molecular complexity index is 938. The second-order valence-corrected chi connectivity index (χ2v) is 8.55. The number of carbonyl (C=O) groups is 2. The number of anilines is 1. The molecule has 2 aromatic carbocycles. The fourth-order valence-electron chi connectivity index (χ4n) is 3.45. The summed E-state index contributed by atoms with van der Waals surface area (Å²) in [6.45, 7) is 0. The van der Waals surface area contributed by atoms with Gasteiger partial charge in [0.15, 0.2) is 17.5 Å². The summed E-state index contributed by atoms with van der Waals surface area (Å²) in [5, 5.41) is 11.3. The van der Waals surface area contributed by atoms with Gasteiger partial charge in [0, 0.05) is 39.9 Å². The van der Waals surface area contributed by atoms with Crippen LogP contribution in [0.25, 0.3) is 0 Å². The minimum Gasteiger partial charge on any atom is -0.481 e. The lowest BCUT2D eigenvalue weighted by Crippen LogP contribution is -2.19. The van der Waals surface area contributed by atoms with E-state index in [1.807, 2.05) is 0 Å². The molecule has 0 bridgehead atoms. The molecule has 1 aliphatic carbocycles. The maximum atomic E-state index is 14.2. The Hall–Kier alpha value is -2.55. The average Bonchev–Trinajstić information content (AvgIpc) is 2.68. The molecule has 2 N–H and O–H groups in total. The first-order chi connectivity index (χ1) is 14.2. The number of amides is 1. The summed E-state index contributed by atoms with van der Waals surface area (Å²) >= 11 is 1.28. The molecular formula is C21H19F4NO3S. The van der Waals surface area contributed by atoms with Gasteiger partial charge >= 0.3 is 5.97 Å². The highest BCUT2D eigenvalue weighted by Gasteiger charge is 2.25. The van der Waals surface area contributed by atoms with Gasteiger partial charge in [-0.25, -0.2) is 17.6 Å². The zero-order valence-electron chi connectivity index (χ0n) is 15.8. The minimum atomic E-state index is -1.63. The lowest BCUT2D eigenvalue weighted by molar-refractivity contribution is -0.138. The molecule has 0 saturated heterocycles. The number of hydrogen-bond donors (Lipinski definition) is 2. The van der Waals surface area contributed by atoms with Crippen molar-refractivity contribution in [1.29, 1.82) is 0 Å². The van der Waals surface area contributed by atoms with Crippen LogP contribution in [0, 0.1) is 29.2 Å². The Kier molecular flexibility index (Phi) is 7.02. The molecule has 0 aliphatic heterocycles. The smallest absolute Gasteiger partial charge is 0.303 e. The van der Waals surface area contributed by atoms with Crippen LogP contribution in [0.15, 0.2) is 35.2 Å². The number of carboxylic acids is 1. The first-order valence-electron chi connectivity index (χ1n) is 9.37. The Balaban J connectivity index is 1.66. The van der Waals surface area contributed by atoms with Crippen LogP contribution in [0.5, 0.6) is 0 Å². The summed E-state index contributed by atoms with van der Waals surface area (Å²) in [6.07, 6.45) is 3.10. The van der Waals surface area contributed by atoms with Crippen molar-refractivity contribution in [3.8, 4) is 0 Å². The maximum Gasteiger partial charge on any atom is 0.303 e. The molecule has 0 aromatic heterocycles. The van der Waals surface area contributed by atoms with E-state index in [9.17, 15) is 27.2 Å². The van der Waals surface area contributed by atoms with E-state index in [2.05, 4.69) is 5.32 Å². The van der Waals surface area contributed by atoms with Crippen LogP contribution >= 0.6 is 11.8 Å². The van der Waals surface area contributed by atoms with E-state index in [1.165, 1.54) is 23.9 Å². The van der Waals surface area contributed by atoms with Gasteiger partial charge in [-0.05, 0) is 49.8 Å². The molecule has 1 fully saturated rings. The van der Waals surface area contributed by atoms with Gasteiger partial charge in [-0.3, -0.25) is 9.59 Å². The number of nitrogens with one attached hydrogen (secondary N) is 1. The van der Waals surface area contributed by atoms with E-state index < -0.39 is 35.1 Å². The van der Waals surface area contributed by atoms with Crippen molar-refractivity contribution in [2.45, 2.75) is 42.2 Å². The van der Waals surface area contributed by atoms with E-state index in [1.54, 1.807) is 0 Å². The van der Waals surface area contributed by atoms with Gasteiger partial charge in [-0.15, -0.1) is 11.8 Å². The molecular weight excluding hydrogens is 422 g/mol. The number of carbonyl (C=O) groups excluding carboxylic acids is 1. The molecule has 160 valence electrons. The summed E-state index contributed by atoms with van der Waals surface area (Å²) in [5.74, 6) is -6.41. The number of hydrogen-bond acceptors (Lipinski definition) is 3. The number of thioether (sulfide) groups is 1. The largest absolute Gasteiger partial charge is 0.481 e. The van der Waals surface area contributed by atoms with Crippen LogP contribution < -0.4 is 5.32 Å². The molecule has 1 saturated carbocycles. The third kappa shape index (κ3) is 5.53. The molecule has 0 unspecified atom stereocenters. The van der Waals surface area contributed by atoms with Crippen LogP contribution in [0.3, 0.4) is 0 Å². The van der Waals surface area contributed by atoms with Gasteiger partial charge < -0.3 is 10.4 Å². The zero-order chi connectivity index (χ0) is 21.8.